The van der Waals surface area contributed by atoms with E-state index in [1.54, 1.807) is 0 Å². The monoisotopic (exact) mass is 270 g/mol. The third-order valence-corrected chi connectivity index (χ3v) is 4.05. The number of nitrogens with zero attached hydrogens (tertiary/aromatic N) is 4. The zero-order valence-corrected chi connectivity index (χ0v) is 10.7. The van der Waals surface area contributed by atoms with E-state index in [9.17, 15) is 5.26 Å². The first-order valence-electron chi connectivity index (χ1n) is 5.11. The summed E-state index contributed by atoms with van der Waals surface area (Å²) in [6, 6.07) is 11.8. The SMILES string of the molecule is N#Cc1cc2ccccc2nc1Sc1ncns1. The summed E-state index contributed by atoms with van der Waals surface area (Å²) in [6.07, 6.45) is 1.50. The summed E-state index contributed by atoms with van der Waals surface area (Å²) >= 11 is 2.67. The second-order valence-electron chi connectivity index (χ2n) is 3.45. The molecule has 0 saturated carbocycles. The minimum Gasteiger partial charge on any atom is -0.240 e. The molecule has 0 saturated heterocycles. The number of nitriles is 1. The maximum Gasteiger partial charge on any atom is 0.176 e. The predicted molar refractivity (Wildman–Crippen MR) is 70.5 cm³/mol. The van der Waals surface area contributed by atoms with Crippen molar-refractivity contribution in [3.05, 3.63) is 42.2 Å². The number of rotatable bonds is 2. The lowest BCUT2D eigenvalue weighted by molar-refractivity contribution is 1.14. The molecule has 2 aromatic heterocycles. The first kappa shape index (κ1) is 11.1. The second kappa shape index (κ2) is 4.72. The summed E-state index contributed by atoms with van der Waals surface area (Å²) in [4.78, 5) is 8.59. The summed E-state index contributed by atoms with van der Waals surface area (Å²) in [7, 11) is 0. The largest absolute Gasteiger partial charge is 0.240 e. The molecule has 4 nitrogen and oxygen atoms in total. The van der Waals surface area contributed by atoms with Gasteiger partial charge in [0.25, 0.3) is 0 Å². The van der Waals surface area contributed by atoms with Gasteiger partial charge in [0.15, 0.2) is 4.34 Å². The summed E-state index contributed by atoms with van der Waals surface area (Å²) in [6.45, 7) is 0. The molecule has 0 aliphatic heterocycles. The van der Waals surface area contributed by atoms with Gasteiger partial charge in [-0.1, -0.05) is 18.2 Å². The Labute approximate surface area is 111 Å². The molecule has 0 fully saturated rings. The summed E-state index contributed by atoms with van der Waals surface area (Å²) in [5.41, 5.74) is 1.44. The van der Waals surface area contributed by atoms with Crippen LogP contribution in [-0.4, -0.2) is 14.3 Å². The van der Waals surface area contributed by atoms with E-state index in [-0.39, 0.29) is 0 Å². The van der Waals surface area contributed by atoms with Crippen molar-refractivity contribution in [3.63, 3.8) is 0 Å². The molecule has 2 heterocycles. The normalized spacial score (nSPS) is 10.4. The Kier molecular flexibility index (Phi) is 2.92. The average Bonchev–Trinajstić information content (AvgIpc) is 2.91. The fourth-order valence-corrected chi connectivity index (χ4v) is 2.96. The molecule has 1 aromatic carbocycles. The molecule has 0 spiro atoms. The lowest BCUT2D eigenvalue weighted by Gasteiger charge is -2.03. The molecule has 0 N–H and O–H groups in total. The zero-order chi connectivity index (χ0) is 12.4. The van der Waals surface area contributed by atoms with E-state index in [1.807, 2.05) is 30.3 Å². The molecule has 86 valence electrons. The predicted octanol–water partition coefficient (Wildman–Crippen LogP) is 3.11. The van der Waals surface area contributed by atoms with Crippen LogP contribution in [-0.2, 0) is 0 Å². The summed E-state index contributed by atoms with van der Waals surface area (Å²) < 4.78 is 4.72. The highest BCUT2D eigenvalue weighted by Gasteiger charge is 2.10. The van der Waals surface area contributed by atoms with Crippen LogP contribution in [0.25, 0.3) is 10.9 Å². The topological polar surface area (TPSA) is 62.5 Å². The number of para-hydroxylation sites is 1. The van der Waals surface area contributed by atoms with Gasteiger partial charge in [-0.05, 0) is 35.4 Å². The Morgan fingerprint density at radius 1 is 1.28 bits per heavy atom. The summed E-state index contributed by atoms with van der Waals surface area (Å²) in [5, 5.41) is 10.8. The molecule has 0 unspecified atom stereocenters. The van der Waals surface area contributed by atoms with Crippen LogP contribution in [0.2, 0.25) is 0 Å². The van der Waals surface area contributed by atoms with Crippen LogP contribution >= 0.6 is 23.3 Å². The number of aromatic nitrogens is 3. The number of hydrogen-bond acceptors (Lipinski definition) is 6. The van der Waals surface area contributed by atoms with Gasteiger partial charge in [-0.25, -0.2) is 9.97 Å². The number of hydrogen-bond donors (Lipinski definition) is 0. The van der Waals surface area contributed by atoms with Gasteiger partial charge < -0.3 is 0 Å². The number of fused-ring (bicyclic) bond motifs is 1. The van der Waals surface area contributed by atoms with Crippen LogP contribution in [0.5, 0.6) is 0 Å². The first-order valence-corrected chi connectivity index (χ1v) is 6.70. The molecular formula is C12H6N4S2. The molecule has 3 rings (SSSR count). The minimum atomic E-state index is 0.564. The highest BCUT2D eigenvalue weighted by Crippen LogP contribution is 2.30. The van der Waals surface area contributed by atoms with Gasteiger partial charge in [0.2, 0.25) is 0 Å². The van der Waals surface area contributed by atoms with Gasteiger partial charge in [-0.15, -0.1) is 0 Å². The van der Waals surface area contributed by atoms with E-state index in [2.05, 4.69) is 20.4 Å². The molecule has 18 heavy (non-hydrogen) atoms. The quantitative estimate of drug-likeness (QED) is 0.716. The van der Waals surface area contributed by atoms with Crippen LogP contribution in [0.15, 0.2) is 46.0 Å². The second-order valence-corrected chi connectivity index (χ2v) is 5.47. The smallest absolute Gasteiger partial charge is 0.176 e. The molecule has 0 aliphatic rings. The Morgan fingerprint density at radius 2 is 2.17 bits per heavy atom. The highest BCUT2D eigenvalue weighted by molar-refractivity contribution is 8.00. The molecule has 0 amide bonds. The van der Waals surface area contributed by atoms with Crippen LogP contribution in [0.1, 0.15) is 5.56 Å². The molecule has 3 aromatic rings. The fourth-order valence-electron chi connectivity index (χ4n) is 1.55. The lowest BCUT2D eigenvalue weighted by Crippen LogP contribution is -1.88. The van der Waals surface area contributed by atoms with Crippen molar-refractivity contribution < 1.29 is 0 Å². The molecule has 0 aliphatic carbocycles. The van der Waals surface area contributed by atoms with Crippen molar-refractivity contribution in [2.24, 2.45) is 0 Å². The van der Waals surface area contributed by atoms with E-state index in [0.717, 1.165) is 15.2 Å². The van der Waals surface area contributed by atoms with Crippen molar-refractivity contribution in [2.45, 2.75) is 9.37 Å². The Morgan fingerprint density at radius 3 is 2.94 bits per heavy atom. The van der Waals surface area contributed by atoms with E-state index in [0.29, 0.717) is 10.6 Å². The fraction of sp³-hybridized carbons (Fsp3) is 0. The van der Waals surface area contributed by atoms with Gasteiger partial charge in [-0.3, -0.25) is 0 Å². The highest BCUT2D eigenvalue weighted by atomic mass is 32.2. The third kappa shape index (κ3) is 2.06. The van der Waals surface area contributed by atoms with Crippen molar-refractivity contribution in [2.75, 3.05) is 0 Å². The zero-order valence-electron chi connectivity index (χ0n) is 9.07. The van der Waals surface area contributed by atoms with Crippen LogP contribution in [0.3, 0.4) is 0 Å². The van der Waals surface area contributed by atoms with Crippen molar-refractivity contribution >= 4 is 34.2 Å². The molecule has 0 bridgehead atoms. The third-order valence-electron chi connectivity index (χ3n) is 2.33. The van der Waals surface area contributed by atoms with Gasteiger partial charge in [0, 0.05) is 5.39 Å². The molecule has 0 radical (unpaired) electrons. The molecular weight excluding hydrogens is 264 g/mol. The van der Waals surface area contributed by atoms with Gasteiger partial charge in [0.05, 0.1) is 11.1 Å². The average molecular weight is 270 g/mol. The maximum absolute atomic E-state index is 9.17. The number of benzene rings is 1. The minimum absolute atomic E-state index is 0.564. The van der Waals surface area contributed by atoms with Crippen molar-refractivity contribution in [1.82, 2.24) is 14.3 Å². The first-order chi connectivity index (χ1) is 8.86. The Balaban J connectivity index is 2.12. The van der Waals surface area contributed by atoms with E-state index in [4.69, 9.17) is 0 Å². The summed E-state index contributed by atoms with van der Waals surface area (Å²) in [5.74, 6) is 0. The van der Waals surface area contributed by atoms with E-state index >= 15 is 0 Å². The van der Waals surface area contributed by atoms with Crippen LogP contribution in [0.4, 0.5) is 0 Å². The van der Waals surface area contributed by atoms with Crippen LogP contribution < -0.4 is 0 Å². The van der Waals surface area contributed by atoms with Crippen molar-refractivity contribution in [3.8, 4) is 6.07 Å². The molecule has 0 atom stereocenters. The lowest BCUT2D eigenvalue weighted by atomic mass is 10.2. The molecule has 6 heteroatoms. The van der Waals surface area contributed by atoms with Crippen molar-refractivity contribution in [1.29, 1.82) is 5.26 Å². The van der Waals surface area contributed by atoms with E-state index in [1.165, 1.54) is 29.6 Å². The van der Waals surface area contributed by atoms with Gasteiger partial charge in [0.1, 0.15) is 17.4 Å². The van der Waals surface area contributed by atoms with Crippen LogP contribution in [0, 0.1) is 11.3 Å². The standard InChI is InChI=1S/C12H6N4S2/c13-6-9-5-8-3-1-2-4-10(8)16-11(9)17-12-14-7-15-18-12/h1-5,7H. The Hall–Kier alpha value is -1.97. The maximum atomic E-state index is 9.17. The van der Waals surface area contributed by atoms with Gasteiger partial charge in [-0.2, -0.15) is 9.64 Å². The van der Waals surface area contributed by atoms with E-state index < -0.39 is 0 Å². The Bertz CT molecular complexity index is 731. The number of pyridine rings is 1. The van der Waals surface area contributed by atoms with Gasteiger partial charge >= 0.3 is 0 Å².